The molecule has 27 heavy (non-hydrogen) atoms. The van der Waals surface area contributed by atoms with Crippen molar-refractivity contribution in [3.05, 3.63) is 29.4 Å². The van der Waals surface area contributed by atoms with Crippen LogP contribution in [0.15, 0.2) is 23.8 Å². The topological polar surface area (TPSA) is 100 Å². The van der Waals surface area contributed by atoms with Crippen LogP contribution in [-0.4, -0.2) is 51.0 Å². The van der Waals surface area contributed by atoms with E-state index in [4.69, 9.17) is 0 Å². The second kappa shape index (κ2) is 8.90. The molecular formula is C18H24N6O2S. The summed E-state index contributed by atoms with van der Waals surface area (Å²) in [6.45, 7) is 5.67. The van der Waals surface area contributed by atoms with E-state index in [0.717, 1.165) is 31.7 Å². The Kier molecular flexibility index (Phi) is 6.33. The highest BCUT2D eigenvalue weighted by Gasteiger charge is 2.23. The third-order valence-corrected chi connectivity index (χ3v) is 5.00. The summed E-state index contributed by atoms with van der Waals surface area (Å²) in [6.07, 6.45) is 3.94. The standard InChI is InChI=1S/C18H24N6O2S/c1-12(2)9-16(25)24-7-5-14(6-8-24)21-15-4-3-13(10-19-15)17(26)22-18-23-20-11-27-18/h3-4,10-12,14H,5-9H2,1-2H3,(H,19,21)(H,22,23,26). The third kappa shape index (κ3) is 5.46. The van der Waals surface area contributed by atoms with Gasteiger partial charge in [0.2, 0.25) is 11.0 Å². The normalized spacial score (nSPS) is 15.0. The molecule has 3 heterocycles. The van der Waals surface area contributed by atoms with E-state index >= 15 is 0 Å². The lowest BCUT2D eigenvalue weighted by atomic mass is 10.0. The Labute approximate surface area is 162 Å². The van der Waals surface area contributed by atoms with Crippen LogP contribution in [0.5, 0.6) is 0 Å². The molecule has 1 aliphatic rings. The summed E-state index contributed by atoms with van der Waals surface area (Å²) in [7, 11) is 0. The number of carbonyl (C=O) groups excluding carboxylic acids is 2. The predicted molar refractivity (Wildman–Crippen MR) is 105 cm³/mol. The maximum atomic E-state index is 12.1. The van der Waals surface area contributed by atoms with Crippen LogP contribution in [0.3, 0.4) is 0 Å². The van der Waals surface area contributed by atoms with Crippen molar-refractivity contribution in [3.8, 4) is 0 Å². The summed E-state index contributed by atoms with van der Waals surface area (Å²) >= 11 is 1.26. The molecule has 0 saturated carbocycles. The van der Waals surface area contributed by atoms with Gasteiger partial charge in [0.15, 0.2) is 0 Å². The quantitative estimate of drug-likeness (QED) is 0.789. The van der Waals surface area contributed by atoms with E-state index < -0.39 is 0 Å². The molecule has 2 amide bonds. The van der Waals surface area contributed by atoms with E-state index in [2.05, 4.69) is 39.7 Å². The largest absolute Gasteiger partial charge is 0.367 e. The number of amides is 2. The van der Waals surface area contributed by atoms with Gasteiger partial charge in [-0.15, -0.1) is 10.2 Å². The van der Waals surface area contributed by atoms with Crippen LogP contribution >= 0.6 is 11.3 Å². The summed E-state index contributed by atoms with van der Waals surface area (Å²) < 4.78 is 0. The summed E-state index contributed by atoms with van der Waals surface area (Å²) in [6, 6.07) is 3.81. The van der Waals surface area contributed by atoms with Gasteiger partial charge in [-0.2, -0.15) is 0 Å². The number of likely N-dealkylation sites (tertiary alicyclic amines) is 1. The maximum Gasteiger partial charge on any atom is 0.259 e. The van der Waals surface area contributed by atoms with Gasteiger partial charge in [-0.1, -0.05) is 25.2 Å². The molecule has 1 fully saturated rings. The molecule has 8 nitrogen and oxygen atoms in total. The van der Waals surface area contributed by atoms with Crippen LogP contribution in [0.4, 0.5) is 10.9 Å². The minimum absolute atomic E-state index is 0.243. The van der Waals surface area contributed by atoms with Crippen molar-refractivity contribution < 1.29 is 9.59 Å². The number of carbonyl (C=O) groups is 2. The average Bonchev–Trinajstić information content (AvgIpc) is 3.15. The van der Waals surface area contributed by atoms with Crippen LogP contribution < -0.4 is 10.6 Å². The van der Waals surface area contributed by atoms with E-state index in [9.17, 15) is 9.59 Å². The van der Waals surface area contributed by atoms with Gasteiger partial charge in [0.1, 0.15) is 11.3 Å². The summed E-state index contributed by atoms with van der Waals surface area (Å²) in [5.41, 5.74) is 2.02. The molecule has 3 rings (SSSR count). The van der Waals surface area contributed by atoms with Gasteiger partial charge in [-0.25, -0.2) is 4.98 Å². The second-order valence-electron chi connectivity index (χ2n) is 7.03. The molecule has 1 aliphatic heterocycles. The molecule has 144 valence electrons. The molecule has 2 aromatic rings. The molecule has 0 atom stereocenters. The average molecular weight is 388 g/mol. The highest BCUT2D eigenvalue weighted by Crippen LogP contribution is 2.18. The lowest BCUT2D eigenvalue weighted by molar-refractivity contribution is -0.132. The molecule has 2 N–H and O–H groups in total. The molecule has 0 spiro atoms. The van der Waals surface area contributed by atoms with Gasteiger partial charge < -0.3 is 10.2 Å². The predicted octanol–water partition coefficient (Wildman–Crippen LogP) is 2.63. The molecule has 2 aromatic heterocycles. The number of rotatable bonds is 6. The van der Waals surface area contributed by atoms with Crippen LogP contribution in [0.1, 0.15) is 43.5 Å². The summed E-state index contributed by atoms with van der Waals surface area (Å²) in [5, 5.41) is 14.0. The Morgan fingerprint density at radius 2 is 2.07 bits per heavy atom. The Morgan fingerprint density at radius 3 is 2.67 bits per heavy atom. The van der Waals surface area contributed by atoms with E-state index in [1.54, 1.807) is 23.8 Å². The van der Waals surface area contributed by atoms with Crippen molar-refractivity contribution in [3.63, 3.8) is 0 Å². The molecule has 0 bridgehead atoms. The monoisotopic (exact) mass is 388 g/mol. The molecule has 0 aromatic carbocycles. The molecule has 0 aliphatic carbocycles. The Bertz CT molecular complexity index is 755. The van der Waals surface area contributed by atoms with Crippen molar-refractivity contribution in [1.29, 1.82) is 0 Å². The van der Waals surface area contributed by atoms with Crippen molar-refractivity contribution in [2.24, 2.45) is 5.92 Å². The van der Waals surface area contributed by atoms with Crippen LogP contribution in [0.25, 0.3) is 0 Å². The van der Waals surface area contributed by atoms with Crippen LogP contribution in [0, 0.1) is 5.92 Å². The maximum absolute atomic E-state index is 12.1. The minimum Gasteiger partial charge on any atom is -0.367 e. The number of hydrogen-bond acceptors (Lipinski definition) is 7. The Morgan fingerprint density at radius 1 is 1.30 bits per heavy atom. The van der Waals surface area contributed by atoms with Crippen LogP contribution in [-0.2, 0) is 4.79 Å². The fourth-order valence-corrected chi connectivity index (χ4v) is 3.41. The first-order valence-corrected chi connectivity index (χ1v) is 9.97. The zero-order valence-corrected chi connectivity index (χ0v) is 16.3. The van der Waals surface area contributed by atoms with Crippen molar-refractivity contribution in [2.75, 3.05) is 23.7 Å². The number of anilines is 2. The number of piperidine rings is 1. The number of nitrogens with one attached hydrogen (secondary N) is 2. The SMILES string of the molecule is CC(C)CC(=O)N1CCC(Nc2ccc(C(=O)Nc3nncs3)cn2)CC1. The van der Waals surface area contributed by atoms with Gasteiger partial charge in [0, 0.05) is 31.7 Å². The smallest absolute Gasteiger partial charge is 0.259 e. The fourth-order valence-electron chi connectivity index (χ4n) is 2.97. The summed E-state index contributed by atoms with van der Waals surface area (Å²) in [4.78, 5) is 30.5. The van der Waals surface area contributed by atoms with Crippen LogP contribution in [0.2, 0.25) is 0 Å². The summed E-state index contributed by atoms with van der Waals surface area (Å²) in [5.74, 6) is 1.10. The lowest BCUT2D eigenvalue weighted by Crippen LogP contribution is -2.42. The zero-order valence-electron chi connectivity index (χ0n) is 15.5. The number of hydrogen-bond donors (Lipinski definition) is 2. The van der Waals surface area contributed by atoms with Gasteiger partial charge in [0.05, 0.1) is 5.56 Å². The Hall–Kier alpha value is -2.55. The first kappa shape index (κ1) is 19.2. The number of pyridine rings is 1. The highest BCUT2D eigenvalue weighted by atomic mass is 32.1. The number of aromatic nitrogens is 3. The van der Waals surface area contributed by atoms with E-state index in [-0.39, 0.29) is 17.9 Å². The first-order chi connectivity index (χ1) is 13.0. The molecule has 9 heteroatoms. The fraction of sp³-hybridized carbons (Fsp3) is 0.500. The molecular weight excluding hydrogens is 364 g/mol. The van der Waals surface area contributed by atoms with Crippen molar-refractivity contribution >= 4 is 34.1 Å². The molecule has 0 radical (unpaired) electrons. The second-order valence-corrected chi connectivity index (χ2v) is 7.86. The molecule has 0 unspecified atom stereocenters. The zero-order chi connectivity index (χ0) is 19.2. The van der Waals surface area contributed by atoms with Crippen molar-refractivity contribution in [2.45, 2.75) is 39.2 Å². The minimum atomic E-state index is -0.261. The van der Waals surface area contributed by atoms with Crippen molar-refractivity contribution in [1.82, 2.24) is 20.1 Å². The first-order valence-electron chi connectivity index (χ1n) is 9.09. The van der Waals surface area contributed by atoms with E-state index in [1.807, 2.05) is 4.90 Å². The van der Waals surface area contributed by atoms with Gasteiger partial charge in [-0.05, 0) is 30.9 Å². The Balaban J connectivity index is 1.48. The molecule has 1 saturated heterocycles. The highest BCUT2D eigenvalue weighted by molar-refractivity contribution is 7.13. The van der Waals surface area contributed by atoms with Gasteiger partial charge in [0.25, 0.3) is 5.91 Å². The van der Waals surface area contributed by atoms with Gasteiger partial charge in [-0.3, -0.25) is 14.9 Å². The number of nitrogens with zero attached hydrogens (tertiary/aromatic N) is 4. The van der Waals surface area contributed by atoms with Gasteiger partial charge >= 0.3 is 0 Å². The van der Waals surface area contributed by atoms with E-state index in [1.165, 1.54) is 11.3 Å². The lowest BCUT2D eigenvalue weighted by Gasteiger charge is -2.33. The third-order valence-electron chi connectivity index (χ3n) is 4.39. The van der Waals surface area contributed by atoms with E-state index in [0.29, 0.717) is 23.0 Å².